The van der Waals surface area contributed by atoms with Gasteiger partial charge >= 0.3 is 12.2 Å². The van der Waals surface area contributed by atoms with Gasteiger partial charge in [-0.05, 0) is 61.4 Å². The number of likely N-dealkylation sites (tertiary alicyclic amines) is 1. The maximum Gasteiger partial charge on any atom is 0.418 e. The topological polar surface area (TPSA) is 111 Å². The number of nitrogens with one attached hydrogen (secondary N) is 1. The summed E-state index contributed by atoms with van der Waals surface area (Å²) < 4.78 is 46.8. The highest BCUT2D eigenvalue weighted by molar-refractivity contribution is 6.33. The molecule has 4 amide bonds. The van der Waals surface area contributed by atoms with Gasteiger partial charge in [0.25, 0.3) is 0 Å². The fourth-order valence-electron chi connectivity index (χ4n) is 7.46. The summed E-state index contributed by atoms with van der Waals surface area (Å²) in [5, 5.41) is 2.70. The quantitative estimate of drug-likeness (QED) is 0.402. The van der Waals surface area contributed by atoms with E-state index in [0.717, 1.165) is 30.2 Å². The largest absolute Gasteiger partial charge is 0.418 e. The van der Waals surface area contributed by atoms with Gasteiger partial charge < -0.3 is 30.5 Å². The van der Waals surface area contributed by atoms with Crippen LogP contribution >= 0.6 is 11.6 Å². The van der Waals surface area contributed by atoms with E-state index in [-0.39, 0.29) is 47.3 Å². The molecule has 0 aromatic heterocycles. The van der Waals surface area contributed by atoms with Crippen molar-refractivity contribution in [3.63, 3.8) is 0 Å². The van der Waals surface area contributed by atoms with Crippen LogP contribution < -0.4 is 11.1 Å². The molecule has 0 unspecified atom stereocenters. The van der Waals surface area contributed by atoms with Crippen molar-refractivity contribution in [3.8, 4) is 0 Å². The monoisotopic (exact) mass is 690 g/mol. The molecule has 0 aliphatic carbocycles. The van der Waals surface area contributed by atoms with Gasteiger partial charge in [0.05, 0.1) is 22.2 Å². The SMILES string of the molecule is Nc1c(Cl)cc(C[C@@H](CC(=O)N2CCC(N3Cc4ccccc4NC3=O)CC2)C(=O)N2CCN(C3CCOCC3)CC2)cc1C(F)(F)F. The van der Waals surface area contributed by atoms with Crippen LogP contribution in [0.2, 0.25) is 5.02 Å². The van der Waals surface area contributed by atoms with Gasteiger partial charge in [0, 0.05) is 83.2 Å². The van der Waals surface area contributed by atoms with Crippen LogP contribution in [-0.4, -0.2) is 102 Å². The first-order valence-electron chi connectivity index (χ1n) is 16.7. The number of hydrogen-bond acceptors (Lipinski definition) is 6. The number of halogens is 4. The zero-order valence-electron chi connectivity index (χ0n) is 26.8. The number of fused-ring (bicyclic) bond motifs is 1. The second-order valence-electron chi connectivity index (χ2n) is 13.2. The van der Waals surface area contributed by atoms with E-state index in [4.69, 9.17) is 22.1 Å². The van der Waals surface area contributed by atoms with Crippen LogP contribution in [0.15, 0.2) is 36.4 Å². The minimum atomic E-state index is -4.72. The van der Waals surface area contributed by atoms with Crippen molar-refractivity contribution in [1.29, 1.82) is 0 Å². The number of benzene rings is 2. The minimum absolute atomic E-state index is 0.0513. The van der Waals surface area contributed by atoms with E-state index in [1.165, 1.54) is 6.07 Å². The number of amides is 4. The average molecular weight is 691 g/mol. The number of nitrogens with two attached hydrogens (primary N) is 1. The zero-order valence-corrected chi connectivity index (χ0v) is 27.6. The smallest absolute Gasteiger partial charge is 0.397 e. The second kappa shape index (κ2) is 14.5. The molecular formula is C34H42ClF3N6O4. The molecule has 48 heavy (non-hydrogen) atoms. The highest BCUT2D eigenvalue weighted by atomic mass is 35.5. The van der Waals surface area contributed by atoms with Gasteiger partial charge in [-0.15, -0.1) is 0 Å². The number of piperidine rings is 1. The molecule has 0 bridgehead atoms. The van der Waals surface area contributed by atoms with Gasteiger partial charge in [-0.1, -0.05) is 29.8 Å². The lowest BCUT2D eigenvalue weighted by atomic mass is 9.91. The maximum atomic E-state index is 14.0. The normalized spacial score (nSPS) is 20.8. The van der Waals surface area contributed by atoms with Crippen LogP contribution in [0.1, 0.15) is 48.8 Å². The third-order valence-corrected chi connectivity index (χ3v) is 10.5. The fourth-order valence-corrected chi connectivity index (χ4v) is 7.70. The Kier molecular flexibility index (Phi) is 10.4. The van der Waals surface area contributed by atoms with Gasteiger partial charge in [-0.3, -0.25) is 14.5 Å². The number of anilines is 2. The highest BCUT2D eigenvalue weighted by Crippen LogP contribution is 2.38. The number of ether oxygens (including phenoxy) is 1. The number of carbonyl (C=O) groups excluding carboxylic acids is 3. The summed E-state index contributed by atoms with van der Waals surface area (Å²) in [5.41, 5.74) is 6.07. The van der Waals surface area contributed by atoms with Crippen molar-refractivity contribution < 1.29 is 32.3 Å². The van der Waals surface area contributed by atoms with E-state index in [0.29, 0.717) is 77.9 Å². The Hall–Kier alpha value is -3.55. The first-order valence-corrected chi connectivity index (χ1v) is 17.0. The number of rotatable bonds is 7. The van der Waals surface area contributed by atoms with Crippen LogP contribution in [0.3, 0.4) is 0 Å². The molecule has 3 saturated heterocycles. The predicted molar refractivity (Wildman–Crippen MR) is 175 cm³/mol. The molecule has 14 heteroatoms. The Morgan fingerprint density at radius 2 is 1.65 bits per heavy atom. The molecule has 4 aliphatic heterocycles. The molecule has 4 aliphatic rings. The first kappa shape index (κ1) is 34.3. The Morgan fingerprint density at radius 1 is 0.958 bits per heavy atom. The van der Waals surface area contributed by atoms with E-state index in [9.17, 15) is 27.6 Å². The van der Waals surface area contributed by atoms with Gasteiger partial charge in [-0.2, -0.15) is 13.2 Å². The third-order valence-electron chi connectivity index (χ3n) is 10.2. The average Bonchev–Trinajstić information content (AvgIpc) is 3.09. The molecule has 260 valence electrons. The van der Waals surface area contributed by atoms with Gasteiger partial charge in [0.1, 0.15) is 0 Å². The first-order chi connectivity index (χ1) is 23.0. The highest BCUT2D eigenvalue weighted by Gasteiger charge is 2.38. The second-order valence-corrected chi connectivity index (χ2v) is 13.6. The number of hydrogen-bond donors (Lipinski definition) is 2. The molecule has 4 heterocycles. The lowest BCUT2D eigenvalue weighted by Gasteiger charge is -2.42. The summed E-state index contributed by atoms with van der Waals surface area (Å²) in [5.74, 6) is -1.37. The van der Waals surface area contributed by atoms with E-state index in [1.807, 2.05) is 24.3 Å². The van der Waals surface area contributed by atoms with Crippen molar-refractivity contribution in [1.82, 2.24) is 19.6 Å². The lowest BCUT2D eigenvalue weighted by molar-refractivity contribution is -0.143. The standard InChI is InChI=1S/C34H42ClF3N6O4/c35-28-19-22(18-27(31(28)39)34(36,37)38)17-24(32(46)43-13-11-41(12-14-43)25-7-15-48-16-8-25)20-30(45)42-9-5-26(6-10-42)44-21-23-3-1-2-4-29(23)40-33(44)47/h1-4,18-19,24-26H,5-17,20-21,39H2,(H,40,47)/t24-/m0/s1. The van der Waals surface area contributed by atoms with Crippen LogP contribution in [0, 0.1) is 5.92 Å². The van der Waals surface area contributed by atoms with Crippen molar-refractivity contribution in [2.24, 2.45) is 5.92 Å². The van der Waals surface area contributed by atoms with Crippen molar-refractivity contribution in [3.05, 3.63) is 58.1 Å². The number of alkyl halides is 3. The number of nitrogen functional groups attached to an aromatic ring is 1. The fraction of sp³-hybridized carbons (Fsp3) is 0.559. The molecule has 10 nitrogen and oxygen atoms in total. The van der Waals surface area contributed by atoms with Gasteiger partial charge in [0.2, 0.25) is 11.8 Å². The van der Waals surface area contributed by atoms with Crippen molar-refractivity contribution >= 4 is 40.8 Å². The molecule has 3 fully saturated rings. The molecule has 0 saturated carbocycles. The Labute approximate surface area is 283 Å². The molecule has 2 aromatic rings. The van der Waals surface area contributed by atoms with Gasteiger partial charge in [-0.25, -0.2) is 4.79 Å². The maximum absolute atomic E-state index is 14.0. The molecule has 6 rings (SSSR count). The Bertz CT molecular complexity index is 1500. The van der Waals surface area contributed by atoms with Crippen LogP contribution in [0.25, 0.3) is 0 Å². The summed E-state index contributed by atoms with van der Waals surface area (Å²) >= 11 is 6.13. The summed E-state index contributed by atoms with van der Waals surface area (Å²) in [6.07, 6.45) is -1.92. The summed E-state index contributed by atoms with van der Waals surface area (Å²) in [7, 11) is 0. The van der Waals surface area contributed by atoms with Crippen molar-refractivity contribution in [2.75, 3.05) is 63.5 Å². The third kappa shape index (κ3) is 7.68. The molecular weight excluding hydrogens is 649 g/mol. The zero-order chi connectivity index (χ0) is 34.0. The van der Waals surface area contributed by atoms with Crippen LogP contribution in [-0.2, 0) is 33.5 Å². The molecule has 2 aromatic carbocycles. The summed E-state index contributed by atoms with van der Waals surface area (Å²) in [6.45, 7) is 5.06. The Morgan fingerprint density at radius 3 is 2.33 bits per heavy atom. The molecule has 0 spiro atoms. The molecule has 1 atom stereocenters. The number of para-hydroxylation sites is 1. The number of piperazine rings is 1. The van der Waals surface area contributed by atoms with Crippen LogP contribution in [0.5, 0.6) is 0 Å². The van der Waals surface area contributed by atoms with E-state index >= 15 is 0 Å². The van der Waals surface area contributed by atoms with Gasteiger partial charge in [0.15, 0.2) is 0 Å². The number of urea groups is 1. The summed E-state index contributed by atoms with van der Waals surface area (Å²) in [4.78, 5) is 48.2. The van der Waals surface area contributed by atoms with E-state index in [1.54, 1.807) is 14.7 Å². The molecule has 0 radical (unpaired) electrons. The minimum Gasteiger partial charge on any atom is -0.397 e. The van der Waals surface area contributed by atoms with Crippen LogP contribution in [0.4, 0.5) is 29.3 Å². The van der Waals surface area contributed by atoms with E-state index in [2.05, 4.69) is 10.2 Å². The Balaban J connectivity index is 1.13. The predicted octanol–water partition coefficient (Wildman–Crippen LogP) is 4.85. The lowest BCUT2D eigenvalue weighted by Crippen LogP contribution is -2.54. The number of nitrogens with zero attached hydrogens (tertiary/aromatic N) is 4. The molecule has 3 N–H and O–H groups in total. The number of carbonyl (C=O) groups is 3. The van der Waals surface area contributed by atoms with E-state index < -0.39 is 23.3 Å². The van der Waals surface area contributed by atoms with Crippen molar-refractivity contribution in [2.45, 2.75) is 63.3 Å². The summed E-state index contributed by atoms with van der Waals surface area (Å²) in [6, 6.07) is 10.1.